The summed E-state index contributed by atoms with van der Waals surface area (Å²) in [6.07, 6.45) is 2.22. The summed E-state index contributed by atoms with van der Waals surface area (Å²) in [5.41, 5.74) is 2.00. The topological polar surface area (TPSA) is 47.0 Å². The third-order valence-electron chi connectivity index (χ3n) is 3.00. The van der Waals surface area contributed by atoms with Gasteiger partial charge in [0.25, 0.3) is 0 Å². The van der Waals surface area contributed by atoms with Crippen molar-refractivity contribution in [2.45, 2.75) is 12.5 Å². The molecule has 20 heavy (non-hydrogen) atoms. The van der Waals surface area contributed by atoms with E-state index < -0.39 is 0 Å². The SMILES string of the molecule is CNC(Cc1cc(OC)ncn1)c1cc(Cl)ccc1Br. The summed E-state index contributed by atoms with van der Waals surface area (Å²) < 4.78 is 6.13. The highest BCUT2D eigenvalue weighted by Gasteiger charge is 2.15. The van der Waals surface area contributed by atoms with E-state index >= 15 is 0 Å². The number of nitrogens with zero attached hydrogens (tertiary/aromatic N) is 2. The lowest BCUT2D eigenvalue weighted by atomic mass is 10.0. The van der Waals surface area contributed by atoms with Gasteiger partial charge < -0.3 is 10.1 Å². The van der Waals surface area contributed by atoms with Gasteiger partial charge >= 0.3 is 0 Å². The molecule has 0 aliphatic carbocycles. The van der Waals surface area contributed by atoms with Gasteiger partial charge in [0.05, 0.1) is 7.11 Å². The van der Waals surface area contributed by atoms with Crippen molar-refractivity contribution in [2.75, 3.05) is 14.2 Å². The van der Waals surface area contributed by atoms with Gasteiger partial charge in [-0.3, -0.25) is 0 Å². The number of aromatic nitrogens is 2. The molecule has 1 N–H and O–H groups in total. The Morgan fingerprint density at radius 2 is 2.15 bits per heavy atom. The highest BCUT2D eigenvalue weighted by Crippen LogP contribution is 2.28. The van der Waals surface area contributed by atoms with Crippen molar-refractivity contribution >= 4 is 27.5 Å². The van der Waals surface area contributed by atoms with E-state index in [9.17, 15) is 0 Å². The lowest BCUT2D eigenvalue weighted by Gasteiger charge is -2.18. The first-order valence-electron chi connectivity index (χ1n) is 6.11. The lowest BCUT2D eigenvalue weighted by Crippen LogP contribution is -2.20. The molecule has 2 aromatic rings. The zero-order valence-corrected chi connectivity index (χ0v) is 13.6. The number of rotatable bonds is 5. The van der Waals surface area contributed by atoms with E-state index in [0.29, 0.717) is 17.3 Å². The minimum atomic E-state index is 0.0997. The predicted octanol–water partition coefficient (Wildman–Crippen LogP) is 3.40. The van der Waals surface area contributed by atoms with Gasteiger partial charge in [0.1, 0.15) is 6.33 Å². The molecule has 0 saturated heterocycles. The molecule has 0 aliphatic heterocycles. The molecule has 1 unspecified atom stereocenters. The van der Waals surface area contributed by atoms with Gasteiger partial charge in [0.15, 0.2) is 0 Å². The second-order valence-corrected chi connectivity index (χ2v) is 5.55. The number of benzene rings is 1. The van der Waals surface area contributed by atoms with Crippen molar-refractivity contribution < 1.29 is 4.74 Å². The van der Waals surface area contributed by atoms with Crippen molar-refractivity contribution in [3.05, 3.63) is 51.3 Å². The maximum atomic E-state index is 6.07. The quantitative estimate of drug-likeness (QED) is 0.892. The fourth-order valence-electron chi connectivity index (χ4n) is 1.96. The van der Waals surface area contributed by atoms with Gasteiger partial charge in [-0.15, -0.1) is 0 Å². The van der Waals surface area contributed by atoms with Crippen molar-refractivity contribution in [1.29, 1.82) is 0 Å². The molecule has 1 heterocycles. The molecule has 0 fully saturated rings. The zero-order chi connectivity index (χ0) is 14.5. The van der Waals surface area contributed by atoms with Crippen LogP contribution in [0.15, 0.2) is 35.1 Å². The second kappa shape index (κ2) is 7.02. The van der Waals surface area contributed by atoms with Crippen LogP contribution in [0.1, 0.15) is 17.3 Å². The van der Waals surface area contributed by atoms with Crippen molar-refractivity contribution in [1.82, 2.24) is 15.3 Å². The Hall–Kier alpha value is -1.17. The summed E-state index contributed by atoms with van der Waals surface area (Å²) in [5.74, 6) is 0.565. The number of likely N-dealkylation sites (N-methyl/N-ethyl adjacent to an activating group) is 1. The average molecular weight is 357 g/mol. The van der Waals surface area contributed by atoms with Crippen LogP contribution in [0.5, 0.6) is 5.88 Å². The molecular weight excluding hydrogens is 342 g/mol. The number of halogens is 2. The number of methoxy groups -OCH3 is 1. The summed E-state index contributed by atoms with van der Waals surface area (Å²) in [6.45, 7) is 0. The van der Waals surface area contributed by atoms with Crippen molar-refractivity contribution in [3.63, 3.8) is 0 Å². The van der Waals surface area contributed by atoms with E-state index in [1.165, 1.54) is 6.33 Å². The highest BCUT2D eigenvalue weighted by atomic mass is 79.9. The molecule has 0 amide bonds. The van der Waals surface area contributed by atoms with Crippen LogP contribution in [0.25, 0.3) is 0 Å². The molecule has 0 aliphatic rings. The Balaban J connectivity index is 2.26. The first-order chi connectivity index (χ1) is 9.63. The summed E-state index contributed by atoms with van der Waals surface area (Å²) >= 11 is 9.63. The number of hydrogen-bond donors (Lipinski definition) is 1. The molecule has 6 heteroatoms. The van der Waals surface area contributed by atoms with Crippen LogP contribution in [0.2, 0.25) is 5.02 Å². The van der Waals surface area contributed by atoms with Crippen LogP contribution in [0.4, 0.5) is 0 Å². The largest absolute Gasteiger partial charge is 0.481 e. The van der Waals surface area contributed by atoms with Gasteiger partial charge in [0.2, 0.25) is 5.88 Å². The summed E-state index contributed by atoms with van der Waals surface area (Å²) in [6, 6.07) is 7.69. The Morgan fingerprint density at radius 3 is 2.85 bits per heavy atom. The number of hydrogen-bond acceptors (Lipinski definition) is 4. The van der Waals surface area contributed by atoms with Crippen LogP contribution < -0.4 is 10.1 Å². The van der Waals surface area contributed by atoms with Gasteiger partial charge in [-0.25, -0.2) is 9.97 Å². The third-order valence-corrected chi connectivity index (χ3v) is 3.96. The predicted molar refractivity (Wildman–Crippen MR) is 83.2 cm³/mol. The Labute approximate surface area is 131 Å². The van der Waals surface area contributed by atoms with Crippen molar-refractivity contribution in [3.8, 4) is 5.88 Å². The molecule has 0 saturated carbocycles. The maximum absolute atomic E-state index is 6.07. The minimum Gasteiger partial charge on any atom is -0.481 e. The average Bonchev–Trinajstić information content (AvgIpc) is 2.47. The smallest absolute Gasteiger partial charge is 0.216 e. The number of nitrogens with one attached hydrogen (secondary N) is 1. The first kappa shape index (κ1) is 15.2. The lowest BCUT2D eigenvalue weighted by molar-refractivity contribution is 0.395. The summed E-state index contributed by atoms with van der Waals surface area (Å²) in [7, 11) is 3.51. The van der Waals surface area contributed by atoms with E-state index in [0.717, 1.165) is 15.7 Å². The third kappa shape index (κ3) is 3.69. The summed E-state index contributed by atoms with van der Waals surface area (Å²) in [4.78, 5) is 8.28. The van der Waals surface area contributed by atoms with Gasteiger partial charge in [0, 0.05) is 33.7 Å². The molecular formula is C14H15BrClN3O. The fraction of sp³-hybridized carbons (Fsp3) is 0.286. The minimum absolute atomic E-state index is 0.0997. The molecule has 0 bridgehead atoms. The molecule has 0 spiro atoms. The van der Waals surface area contributed by atoms with Crippen LogP contribution in [0.3, 0.4) is 0 Å². The zero-order valence-electron chi connectivity index (χ0n) is 11.2. The molecule has 1 aromatic carbocycles. The first-order valence-corrected chi connectivity index (χ1v) is 7.28. The van der Waals surface area contributed by atoms with E-state index in [1.807, 2.05) is 31.3 Å². The standard InChI is InChI=1S/C14H15BrClN3O/c1-17-13(11-5-9(16)3-4-12(11)15)6-10-7-14(20-2)19-8-18-10/h3-5,7-8,13,17H,6H2,1-2H3. The van der Waals surface area contributed by atoms with Gasteiger partial charge in [-0.1, -0.05) is 27.5 Å². The molecule has 1 aromatic heterocycles. The van der Waals surface area contributed by atoms with Crippen LogP contribution in [-0.2, 0) is 6.42 Å². The fourth-order valence-corrected chi connectivity index (χ4v) is 2.66. The second-order valence-electron chi connectivity index (χ2n) is 4.26. The van der Waals surface area contributed by atoms with Crippen LogP contribution >= 0.6 is 27.5 Å². The van der Waals surface area contributed by atoms with E-state index in [2.05, 4.69) is 31.2 Å². The highest BCUT2D eigenvalue weighted by molar-refractivity contribution is 9.10. The van der Waals surface area contributed by atoms with E-state index in [1.54, 1.807) is 7.11 Å². The molecule has 1 atom stereocenters. The Morgan fingerprint density at radius 1 is 1.35 bits per heavy atom. The molecule has 2 rings (SSSR count). The molecule has 0 radical (unpaired) electrons. The maximum Gasteiger partial charge on any atom is 0.216 e. The molecule has 106 valence electrons. The van der Waals surface area contributed by atoms with E-state index in [-0.39, 0.29) is 6.04 Å². The van der Waals surface area contributed by atoms with Gasteiger partial charge in [-0.05, 0) is 30.8 Å². The van der Waals surface area contributed by atoms with Crippen LogP contribution in [-0.4, -0.2) is 24.1 Å². The normalized spacial score (nSPS) is 12.2. The van der Waals surface area contributed by atoms with Gasteiger partial charge in [-0.2, -0.15) is 0 Å². The Bertz CT molecular complexity index is 594. The summed E-state index contributed by atoms with van der Waals surface area (Å²) in [5, 5.41) is 3.99. The Kier molecular flexibility index (Phi) is 5.34. The molecule has 4 nitrogen and oxygen atoms in total. The monoisotopic (exact) mass is 355 g/mol. The van der Waals surface area contributed by atoms with E-state index in [4.69, 9.17) is 16.3 Å². The van der Waals surface area contributed by atoms with Crippen LogP contribution in [0, 0.1) is 0 Å². The van der Waals surface area contributed by atoms with Crippen molar-refractivity contribution in [2.24, 2.45) is 0 Å². The number of ether oxygens (including phenoxy) is 1.